The van der Waals surface area contributed by atoms with Crippen LogP contribution in [0.1, 0.15) is 44.6 Å². The topological polar surface area (TPSA) is 21.3 Å². The lowest BCUT2D eigenvalue weighted by Crippen LogP contribution is -2.24. The zero-order chi connectivity index (χ0) is 14.4. The van der Waals surface area contributed by atoms with Crippen molar-refractivity contribution >= 4 is 15.9 Å². The number of hydrogen-bond donors (Lipinski definition) is 1. The van der Waals surface area contributed by atoms with Crippen molar-refractivity contribution in [2.45, 2.75) is 45.1 Å². The molecule has 1 aromatic carbocycles. The van der Waals surface area contributed by atoms with Crippen LogP contribution in [0.5, 0.6) is 0 Å². The monoisotopic (exact) mass is 339 g/mol. The van der Waals surface area contributed by atoms with E-state index in [1.54, 1.807) is 0 Å². The normalized spacial score (nSPS) is 16.6. The molecule has 1 atom stereocenters. The van der Waals surface area contributed by atoms with Crippen molar-refractivity contribution in [2.24, 2.45) is 5.92 Å². The molecule has 112 valence electrons. The van der Waals surface area contributed by atoms with Gasteiger partial charge in [0.15, 0.2) is 0 Å². The molecular weight excluding hydrogens is 314 g/mol. The lowest BCUT2D eigenvalue weighted by atomic mass is 9.96. The molecule has 20 heavy (non-hydrogen) atoms. The summed E-state index contributed by atoms with van der Waals surface area (Å²) < 4.78 is 6.98. The Morgan fingerprint density at radius 3 is 2.70 bits per heavy atom. The third-order valence-electron chi connectivity index (χ3n) is 3.64. The highest BCUT2D eigenvalue weighted by atomic mass is 79.9. The van der Waals surface area contributed by atoms with Crippen molar-refractivity contribution in [1.29, 1.82) is 0 Å². The van der Waals surface area contributed by atoms with Crippen LogP contribution >= 0.6 is 15.9 Å². The zero-order valence-corrected chi connectivity index (χ0v) is 14.2. The third kappa shape index (κ3) is 5.55. The highest BCUT2D eigenvalue weighted by Crippen LogP contribution is 2.28. The van der Waals surface area contributed by atoms with Gasteiger partial charge < -0.3 is 10.1 Å². The first-order valence-corrected chi connectivity index (χ1v) is 8.51. The molecule has 0 amide bonds. The highest BCUT2D eigenvalue weighted by molar-refractivity contribution is 9.10. The molecule has 1 N–H and O–H groups in total. The predicted molar refractivity (Wildman–Crippen MR) is 88.2 cm³/mol. The smallest absolute Gasteiger partial charge is 0.0488 e. The van der Waals surface area contributed by atoms with Crippen LogP contribution in [0, 0.1) is 5.92 Å². The summed E-state index contributed by atoms with van der Waals surface area (Å²) >= 11 is 3.68. The van der Waals surface area contributed by atoms with Gasteiger partial charge in [-0.2, -0.15) is 0 Å². The van der Waals surface area contributed by atoms with Gasteiger partial charge in [-0.3, -0.25) is 0 Å². The summed E-state index contributed by atoms with van der Waals surface area (Å²) in [6, 6.07) is 9.32. The summed E-state index contributed by atoms with van der Waals surface area (Å²) in [7, 11) is 0. The molecule has 1 aliphatic rings. The van der Waals surface area contributed by atoms with Crippen LogP contribution in [0.15, 0.2) is 28.7 Å². The number of hydrogen-bond acceptors (Lipinski definition) is 2. The van der Waals surface area contributed by atoms with Gasteiger partial charge in [-0.1, -0.05) is 48.0 Å². The largest absolute Gasteiger partial charge is 0.381 e. The fraction of sp³-hybridized carbons (Fsp3) is 0.647. The van der Waals surface area contributed by atoms with Gasteiger partial charge in [0.2, 0.25) is 0 Å². The number of halogens is 1. The van der Waals surface area contributed by atoms with E-state index < -0.39 is 0 Å². The van der Waals surface area contributed by atoms with Gasteiger partial charge in [-0.05, 0) is 42.7 Å². The van der Waals surface area contributed by atoms with Gasteiger partial charge in [0.1, 0.15) is 0 Å². The molecule has 0 aromatic heterocycles. The van der Waals surface area contributed by atoms with E-state index in [1.165, 1.54) is 22.9 Å². The summed E-state index contributed by atoms with van der Waals surface area (Å²) in [6.45, 7) is 7.15. The first kappa shape index (κ1) is 16.0. The molecule has 3 heteroatoms. The van der Waals surface area contributed by atoms with E-state index >= 15 is 0 Å². The van der Waals surface area contributed by atoms with E-state index in [0.29, 0.717) is 11.8 Å². The standard InChI is InChI=1S/C17H26BrNO/c1-13(2)12-20-10-9-14(11-19-15-7-8-15)16-5-3-4-6-17(16)18/h3-6,13-15,19H,7-12H2,1-2H3. The van der Waals surface area contributed by atoms with Crippen molar-refractivity contribution in [3.8, 4) is 0 Å². The third-order valence-corrected chi connectivity index (χ3v) is 4.36. The number of ether oxygens (including phenoxy) is 1. The lowest BCUT2D eigenvalue weighted by Gasteiger charge is -2.20. The van der Waals surface area contributed by atoms with E-state index in [1.807, 2.05) is 0 Å². The van der Waals surface area contributed by atoms with Crippen molar-refractivity contribution in [3.05, 3.63) is 34.3 Å². The molecule has 0 radical (unpaired) electrons. The maximum Gasteiger partial charge on any atom is 0.0488 e. The molecule has 0 bridgehead atoms. The van der Waals surface area contributed by atoms with Crippen molar-refractivity contribution in [3.63, 3.8) is 0 Å². The molecule has 1 saturated carbocycles. The lowest BCUT2D eigenvalue weighted by molar-refractivity contribution is 0.103. The Morgan fingerprint density at radius 2 is 2.05 bits per heavy atom. The average Bonchev–Trinajstić information content (AvgIpc) is 3.23. The van der Waals surface area contributed by atoms with Gasteiger partial charge in [0.05, 0.1) is 0 Å². The van der Waals surface area contributed by atoms with Crippen molar-refractivity contribution in [1.82, 2.24) is 5.32 Å². The molecule has 1 aliphatic carbocycles. The van der Waals surface area contributed by atoms with E-state index in [2.05, 4.69) is 59.4 Å². The van der Waals surface area contributed by atoms with Gasteiger partial charge in [0, 0.05) is 30.3 Å². The Balaban J connectivity index is 1.87. The molecule has 0 heterocycles. The van der Waals surface area contributed by atoms with E-state index in [9.17, 15) is 0 Å². The van der Waals surface area contributed by atoms with Crippen LogP contribution < -0.4 is 5.32 Å². The summed E-state index contributed by atoms with van der Waals surface area (Å²) in [5.74, 6) is 1.14. The van der Waals surface area contributed by atoms with Crippen LogP contribution in [0.2, 0.25) is 0 Å². The summed E-state index contributed by atoms with van der Waals surface area (Å²) in [6.07, 6.45) is 3.76. The van der Waals surface area contributed by atoms with Crippen molar-refractivity contribution in [2.75, 3.05) is 19.8 Å². The molecule has 2 rings (SSSR count). The van der Waals surface area contributed by atoms with Crippen LogP contribution in [0.3, 0.4) is 0 Å². The SMILES string of the molecule is CC(C)COCCC(CNC1CC1)c1ccccc1Br. The second kappa shape index (κ2) is 8.16. The van der Waals surface area contributed by atoms with E-state index in [0.717, 1.165) is 32.2 Å². The maximum atomic E-state index is 5.77. The fourth-order valence-corrected chi connectivity index (χ4v) is 2.92. The first-order chi connectivity index (χ1) is 9.66. The number of benzene rings is 1. The molecule has 1 fully saturated rings. The second-order valence-electron chi connectivity index (χ2n) is 6.16. The quantitative estimate of drug-likeness (QED) is 0.675. The minimum atomic E-state index is 0.526. The van der Waals surface area contributed by atoms with Gasteiger partial charge in [-0.25, -0.2) is 0 Å². The molecule has 0 aliphatic heterocycles. The highest BCUT2D eigenvalue weighted by Gasteiger charge is 2.23. The Bertz CT molecular complexity index is 404. The Kier molecular flexibility index (Phi) is 6.53. The number of rotatable bonds is 9. The zero-order valence-electron chi connectivity index (χ0n) is 12.6. The van der Waals surface area contributed by atoms with Crippen LogP contribution in [-0.2, 0) is 4.74 Å². The summed E-state index contributed by atoms with van der Waals surface area (Å²) in [5.41, 5.74) is 1.40. The molecule has 0 spiro atoms. The first-order valence-electron chi connectivity index (χ1n) is 7.72. The average molecular weight is 340 g/mol. The molecule has 1 unspecified atom stereocenters. The van der Waals surface area contributed by atoms with Crippen LogP contribution in [0.25, 0.3) is 0 Å². The maximum absolute atomic E-state index is 5.77. The van der Waals surface area contributed by atoms with Crippen molar-refractivity contribution < 1.29 is 4.74 Å². The van der Waals surface area contributed by atoms with Crippen LogP contribution in [0.4, 0.5) is 0 Å². The van der Waals surface area contributed by atoms with Gasteiger partial charge >= 0.3 is 0 Å². The second-order valence-corrected chi connectivity index (χ2v) is 7.01. The van der Waals surface area contributed by atoms with E-state index in [4.69, 9.17) is 4.74 Å². The molecular formula is C17H26BrNO. The van der Waals surface area contributed by atoms with Gasteiger partial charge in [0.25, 0.3) is 0 Å². The molecule has 1 aromatic rings. The Morgan fingerprint density at radius 1 is 1.30 bits per heavy atom. The van der Waals surface area contributed by atoms with Gasteiger partial charge in [-0.15, -0.1) is 0 Å². The molecule has 2 nitrogen and oxygen atoms in total. The molecule has 0 saturated heterocycles. The Labute approximate surface area is 131 Å². The van der Waals surface area contributed by atoms with E-state index in [-0.39, 0.29) is 0 Å². The Hall–Kier alpha value is -0.380. The predicted octanol–water partition coefficient (Wildman–Crippen LogP) is 4.35. The number of nitrogens with one attached hydrogen (secondary N) is 1. The minimum absolute atomic E-state index is 0.526. The fourth-order valence-electron chi connectivity index (χ4n) is 2.31. The van der Waals surface area contributed by atoms with Crippen LogP contribution in [-0.4, -0.2) is 25.8 Å². The minimum Gasteiger partial charge on any atom is -0.381 e. The summed E-state index contributed by atoms with van der Waals surface area (Å²) in [4.78, 5) is 0. The summed E-state index contributed by atoms with van der Waals surface area (Å²) in [5, 5.41) is 3.66.